The van der Waals surface area contributed by atoms with Gasteiger partial charge in [-0.05, 0) is 18.4 Å². The van der Waals surface area contributed by atoms with Crippen LogP contribution in [0.5, 0.6) is 0 Å². The third-order valence-electron chi connectivity index (χ3n) is 5.59. The van der Waals surface area contributed by atoms with E-state index in [2.05, 4.69) is 0 Å². The Kier molecular flexibility index (Phi) is 4.75. The van der Waals surface area contributed by atoms with Crippen molar-refractivity contribution in [1.29, 1.82) is 0 Å². The summed E-state index contributed by atoms with van der Waals surface area (Å²) in [4.78, 5) is 0. The zero-order valence-electron chi connectivity index (χ0n) is 14.9. The number of halogens is 1. The number of aliphatic hydroxyl groups excluding tert-OH is 1. The molecule has 2 nitrogen and oxygen atoms in total. The molecule has 1 aliphatic carbocycles. The summed E-state index contributed by atoms with van der Waals surface area (Å²) in [5.41, 5.74) is 0.257. The van der Waals surface area contributed by atoms with E-state index in [1.54, 1.807) is 48.5 Å². The minimum atomic E-state index is -3.66. The molecule has 0 unspecified atom stereocenters. The molecule has 0 radical (unpaired) electrons. The van der Waals surface area contributed by atoms with Crippen molar-refractivity contribution in [2.75, 3.05) is 0 Å². The summed E-state index contributed by atoms with van der Waals surface area (Å²) in [6.45, 7) is 0. The van der Waals surface area contributed by atoms with Crippen molar-refractivity contribution in [2.45, 2.75) is 30.3 Å². The Morgan fingerprint density at radius 2 is 1.19 bits per heavy atom. The van der Waals surface area contributed by atoms with Crippen molar-refractivity contribution in [1.82, 2.24) is 0 Å². The lowest BCUT2D eigenvalue weighted by atomic mass is 9.90. The first-order chi connectivity index (χ1) is 13.1. The number of hydrogen-bond acceptors (Lipinski definition) is 2. The lowest BCUT2D eigenvalue weighted by Gasteiger charge is -2.31. The SMILES string of the molecule is O=P(c1ccccc1)(c1ccccc1)[C@H](F)[C@@H](O)C1(c2ccccc2)CC1. The van der Waals surface area contributed by atoms with Crippen LogP contribution in [0.3, 0.4) is 0 Å². The highest BCUT2D eigenvalue weighted by Gasteiger charge is 2.57. The summed E-state index contributed by atoms with van der Waals surface area (Å²) >= 11 is 0. The standard InChI is InChI=1S/C23H22FO2P/c24-22(21(25)23(16-17-23)18-10-4-1-5-11-18)27(26,19-12-6-2-7-13-19)20-14-8-3-9-15-20/h1-15,21-22,25H,16-17H2/t21-,22+/m1/s1. The van der Waals surface area contributed by atoms with Gasteiger partial charge in [0.25, 0.3) is 0 Å². The van der Waals surface area contributed by atoms with Gasteiger partial charge in [0.1, 0.15) is 6.10 Å². The lowest BCUT2D eigenvalue weighted by molar-refractivity contribution is 0.0816. The van der Waals surface area contributed by atoms with Crippen LogP contribution in [0.25, 0.3) is 0 Å². The lowest BCUT2D eigenvalue weighted by Crippen LogP contribution is -2.39. The second kappa shape index (κ2) is 7.07. The van der Waals surface area contributed by atoms with Crippen LogP contribution in [0.15, 0.2) is 91.0 Å². The first-order valence-electron chi connectivity index (χ1n) is 9.18. The molecule has 27 heavy (non-hydrogen) atoms. The van der Waals surface area contributed by atoms with E-state index in [0.717, 1.165) is 5.56 Å². The smallest absolute Gasteiger partial charge is 0.187 e. The van der Waals surface area contributed by atoms with Gasteiger partial charge in [0.15, 0.2) is 13.1 Å². The molecule has 4 rings (SSSR count). The maximum atomic E-state index is 15.9. The molecule has 0 spiro atoms. The number of rotatable bonds is 6. The number of benzene rings is 3. The molecule has 0 aliphatic heterocycles. The van der Waals surface area contributed by atoms with Crippen LogP contribution in [0.1, 0.15) is 18.4 Å². The Bertz CT molecular complexity index is 896. The maximum absolute atomic E-state index is 15.9. The first-order valence-corrected chi connectivity index (χ1v) is 11.0. The van der Waals surface area contributed by atoms with Gasteiger partial charge in [-0.1, -0.05) is 91.0 Å². The fourth-order valence-corrected chi connectivity index (χ4v) is 6.64. The van der Waals surface area contributed by atoms with Gasteiger partial charge in [0.05, 0.1) is 0 Å². The van der Waals surface area contributed by atoms with Gasteiger partial charge in [0.2, 0.25) is 0 Å². The highest BCUT2D eigenvalue weighted by atomic mass is 31.2. The van der Waals surface area contributed by atoms with Gasteiger partial charge in [-0.2, -0.15) is 0 Å². The highest BCUT2D eigenvalue weighted by molar-refractivity contribution is 7.79. The monoisotopic (exact) mass is 380 g/mol. The summed E-state index contributed by atoms with van der Waals surface area (Å²) in [5.74, 6) is -1.87. The van der Waals surface area contributed by atoms with Crippen LogP contribution in [0.4, 0.5) is 4.39 Å². The van der Waals surface area contributed by atoms with E-state index in [9.17, 15) is 9.67 Å². The molecular formula is C23H22FO2P. The van der Waals surface area contributed by atoms with E-state index in [-0.39, 0.29) is 0 Å². The summed E-state index contributed by atoms with van der Waals surface area (Å²) in [5, 5.41) is 11.9. The Morgan fingerprint density at radius 3 is 1.59 bits per heavy atom. The molecule has 1 aliphatic rings. The summed E-state index contributed by atoms with van der Waals surface area (Å²) in [6, 6.07) is 26.9. The van der Waals surface area contributed by atoms with Gasteiger partial charge in [-0.25, -0.2) is 4.39 Å². The first kappa shape index (κ1) is 18.2. The molecular weight excluding hydrogens is 358 g/mol. The van der Waals surface area contributed by atoms with E-state index in [0.29, 0.717) is 23.5 Å². The van der Waals surface area contributed by atoms with Crippen LogP contribution in [-0.4, -0.2) is 17.1 Å². The second-order valence-electron chi connectivity index (χ2n) is 7.17. The maximum Gasteiger partial charge on any atom is 0.187 e. The van der Waals surface area contributed by atoms with Gasteiger partial charge in [0, 0.05) is 16.0 Å². The van der Waals surface area contributed by atoms with Crippen LogP contribution >= 0.6 is 7.14 Å². The second-order valence-corrected chi connectivity index (χ2v) is 10.0. The molecule has 0 heterocycles. The Morgan fingerprint density at radius 1 is 0.778 bits per heavy atom. The fourth-order valence-electron chi connectivity index (χ4n) is 3.85. The normalized spacial score (nSPS) is 17.9. The van der Waals surface area contributed by atoms with Gasteiger partial charge in [-0.15, -0.1) is 0 Å². The largest absolute Gasteiger partial charge is 0.389 e. The molecule has 138 valence electrons. The third-order valence-corrected chi connectivity index (χ3v) is 8.70. The molecule has 0 aromatic heterocycles. The molecule has 0 bridgehead atoms. The van der Waals surface area contributed by atoms with E-state index in [1.807, 2.05) is 42.5 Å². The van der Waals surface area contributed by atoms with Crippen molar-refractivity contribution < 1.29 is 14.1 Å². The van der Waals surface area contributed by atoms with E-state index in [1.165, 1.54) is 0 Å². The van der Waals surface area contributed by atoms with Crippen LogP contribution in [0, 0.1) is 0 Å². The van der Waals surface area contributed by atoms with Crippen LogP contribution in [0.2, 0.25) is 0 Å². The van der Waals surface area contributed by atoms with Crippen molar-refractivity contribution in [3.8, 4) is 0 Å². The molecule has 2 atom stereocenters. The summed E-state index contributed by atoms with van der Waals surface area (Å²) in [7, 11) is -3.66. The number of aliphatic hydroxyl groups is 1. The molecule has 1 fully saturated rings. The Labute approximate surface area is 159 Å². The predicted octanol–water partition coefficient (Wildman–Crippen LogP) is 4.39. The average molecular weight is 380 g/mol. The molecule has 3 aromatic rings. The topological polar surface area (TPSA) is 37.3 Å². The molecule has 1 N–H and O–H groups in total. The van der Waals surface area contributed by atoms with Crippen molar-refractivity contribution in [3.63, 3.8) is 0 Å². The molecule has 4 heteroatoms. The van der Waals surface area contributed by atoms with Gasteiger partial charge < -0.3 is 9.67 Å². The highest BCUT2D eigenvalue weighted by Crippen LogP contribution is 2.59. The molecule has 0 saturated heterocycles. The van der Waals surface area contributed by atoms with Crippen LogP contribution in [-0.2, 0) is 9.98 Å². The molecule has 3 aromatic carbocycles. The van der Waals surface area contributed by atoms with E-state index in [4.69, 9.17) is 0 Å². The molecule has 0 amide bonds. The van der Waals surface area contributed by atoms with Crippen molar-refractivity contribution in [2.24, 2.45) is 0 Å². The van der Waals surface area contributed by atoms with Gasteiger partial charge >= 0.3 is 0 Å². The van der Waals surface area contributed by atoms with Crippen molar-refractivity contribution >= 4 is 17.8 Å². The van der Waals surface area contributed by atoms with Crippen LogP contribution < -0.4 is 10.6 Å². The fraction of sp³-hybridized carbons (Fsp3) is 0.217. The summed E-state index contributed by atoms with van der Waals surface area (Å²) in [6.07, 6.45) is 0.0656. The minimum absolute atomic E-state index is 0.437. The van der Waals surface area contributed by atoms with Crippen molar-refractivity contribution in [3.05, 3.63) is 96.6 Å². The third kappa shape index (κ3) is 3.05. The predicted molar refractivity (Wildman–Crippen MR) is 108 cm³/mol. The Balaban J connectivity index is 1.79. The summed E-state index contributed by atoms with van der Waals surface area (Å²) < 4.78 is 30.1. The van der Waals surface area contributed by atoms with E-state index < -0.39 is 24.6 Å². The zero-order valence-corrected chi connectivity index (χ0v) is 15.8. The van der Waals surface area contributed by atoms with Gasteiger partial charge in [-0.3, -0.25) is 0 Å². The quantitative estimate of drug-likeness (QED) is 0.644. The zero-order chi connectivity index (χ0) is 18.9. The minimum Gasteiger partial charge on any atom is -0.389 e. The average Bonchev–Trinajstić information content (AvgIpc) is 3.56. The van der Waals surface area contributed by atoms with E-state index >= 15 is 4.39 Å². The molecule has 1 saturated carbocycles. The Hall–Kier alpha value is -2.22. The number of hydrogen-bond donors (Lipinski definition) is 1. The number of alkyl halides is 1.